The minimum absolute atomic E-state index is 0.296. The molecule has 0 unspecified atom stereocenters. The maximum absolute atomic E-state index is 10.7. The van der Waals surface area contributed by atoms with E-state index in [1.165, 1.54) is 14.0 Å². The highest BCUT2D eigenvalue weighted by atomic mass is 32.2. The molecule has 0 fully saturated rings. The number of hydrogen-bond acceptors (Lipinski definition) is 4. The van der Waals surface area contributed by atoms with Gasteiger partial charge >= 0.3 is 5.30 Å². The Bertz CT molecular complexity index is 160. The number of carbonyl (C=O) groups excluding carboxylic acids is 2. The molecule has 0 aromatic carbocycles. The van der Waals surface area contributed by atoms with Crippen LogP contribution in [0.5, 0.6) is 0 Å². The lowest BCUT2D eigenvalue weighted by Gasteiger charge is -2.12. The Morgan fingerprint density at radius 2 is 2.09 bits per heavy atom. The van der Waals surface area contributed by atoms with Crippen molar-refractivity contribution < 1.29 is 14.4 Å². The smallest absolute Gasteiger partial charge is 0.327 e. The highest BCUT2D eigenvalue weighted by molar-refractivity contribution is 8.13. The van der Waals surface area contributed by atoms with E-state index < -0.39 is 5.30 Å². The van der Waals surface area contributed by atoms with Gasteiger partial charge in [-0.1, -0.05) is 6.92 Å². The summed E-state index contributed by atoms with van der Waals surface area (Å²) in [4.78, 5) is 25.8. The summed E-state index contributed by atoms with van der Waals surface area (Å²) in [6, 6.07) is 0. The normalized spacial score (nSPS) is 9.00. The fourth-order valence-corrected chi connectivity index (χ4v) is 0.720. The molecule has 0 N–H and O–H groups in total. The van der Waals surface area contributed by atoms with Crippen molar-refractivity contribution >= 4 is 23.0 Å². The first-order chi connectivity index (χ1) is 5.07. The number of amides is 1. The molecule has 0 aromatic rings. The molecule has 0 saturated heterocycles. The number of hydroxylamine groups is 2. The Kier molecular flexibility index (Phi) is 4.69. The predicted molar refractivity (Wildman–Crippen MR) is 43.1 cm³/mol. The molecule has 0 radical (unpaired) electrons. The molecule has 1 amide bonds. The molecule has 0 atom stereocenters. The van der Waals surface area contributed by atoms with E-state index in [4.69, 9.17) is 0 Å². The summed E-state index contributed by atoms with van der Waals surface area (Å²) in [5, 5.41) is 0.454. The van der Waals surface area contributed by atoms with E-state index in [-0.39, 0.29) is 5.91 Å². The Balaban J connectivity index is 3.66. The van der Waals surface area contributed by atoms with Crippen LogP contribution < -0.4 is 0 Å². The van der Waals surface area contributed by atoms with Gasteiger partial charge in [0.2, 0.25) is 0 Å². The number of thioether (sulfide) groups is 1. The zero-order valence-corrected chi connectivity index (χ0v) is 7.60. The molecular formula is C6H11NO3S. The summed E-state index contributed by atoms with van der Waals surface area (Å²) < 4.78 is 0. The van der Waals surface area contributed by atoms with Gasteiger partial charge in [0.25, 0.3) is 5.91 Å². The van der Waals surface area contributed by atoms with Gasteiger partial charge < -0.3 is 4.84 Å². The molecule has 0 aliphatic rings. The van der Waals surface area contributed by atoms with Gasteiger partial charge in [0.05, 0.1) is 0 Å². The molecule has 5 heteroatoms. The Morgan fingerprint density at radius 1 is 1.55 bits per heavy atom. The molecular weight excluding hydrogens is 166 g/mol. The number of carbonyl (C=O) groups is 2. The molecule has 0 heterocycles. The zero-order chi connectivity index (χ0) is 8.85. The van der Waals surface area contributed by atoms with Gasteiger partial charge in [0.15, 0.2) is 0 Å². The van der Waals surface area contributed by atoms with E-state index in [9.17, 15) is 9.59 Å². The lowest BCUT2D eigenvalue weighted by atomic mass is 10.7. The highest BCUT2D eigenvalue weighted by Crippen LogP contribution is 2.04. The van der Waals surface area contributed by atoms with Crippen LogP contribution >= 0.6 is 11.8 Å². The van der Waals surface area contributed by atoms with Gasteiger partial charge in [0.1, 0.15) is 0 Å². The topological polar surface area (TPSA) is 46.6 Å². The van der Waals surface area contributed by atoms with Crippen molar-refractivity contribution in [2.24, 2.45) is 0 Å². The van der Waals surface area contributed by atoms with Crippen LogP contribution in [0.2, 0.25) is 0 Å². The Hall–Kier alpha value is -0.710. The maximum Gasteiger partial charge on any atom is 0.391 e. The fourth-order valence-electron chi connectivity index (χ4n) is 0.320. The molecule has 4 nitrogen and oxygen atoms in total. The van der Waals surface area contributed by atoms with Crippen molar-refractivity contribution in [3.05, 3.63) is 0 Å². The standard InChI is InChI=1S/C6H11NO3S/c1-4-11-6(9)10-7(3)5(2)8/h4H2,1-3H3. The Morgan fingerprint density at radius 3 is 2.45 bits per heavy atom. The van der Waals surface area contributed by atoms with Crippen LogP contribution in [0.4, 0.5) is 4.79 Å². The molecule has 0 saturated carbocycles. The van der Waals surface area contributed by atoms with E-state index in [1.807, 2.05) is 6.92 Å². The monoisotopic (exact) mass is 177 g/mol. The first-order valence-electron chi connectivity index (χ1n) is 3.17. The summed E-state index contributed by atoms with van der Waals surface area (Å²) in [6.07, 6.45) is 0. The summed E-state index contributed by atoms with van der Waals surface area (Å²) in [5.41, 5.74) is 0. The summed E-state index contributed by atoms with van der Waals surface area (Å²) >= 11 is 1.02. The van der Waals surface area contributed by atoms with Crippen molar-refractivity contribution in [2.75, 3.05) is 12.8 Å². The van der Waals surface area contributed by atoms with Crippen LogP contribution in [0.15, 0.2) is 0 Å². The van der Waals surface area contributed by atoms with E-state index >= 15 is 0 Å². The molecule has 64 valence electrons. The van der Waals surface area contributed by atoms with E-state index in [0.717, 1.165) is 16.8 Å². The van der Waals surface area contributed by atoms with Gasteiger partial charge in [-0.2, -0.15) is 5.06 Å². The van der Waals surface area contributed by atoms with Gasteiger partial charge in [-0.05, 0) is 11.8 Å². The molecule has 0 aliphatic carbocycles. The summed E-state index contributed by atoms with van der Waals surface area (Å²) in [7, 11) is 1.40. The van der Waals surface area contributed by atoms with Crippen molar-refractivity contribution in [1.29, 1.82) is 0 Å². The third-order valence-electron chi connectivity index (χ3n) is 0.917. The number of nitrogens with zero attached hydrogens (tertiary/aromatic N) is 1. The van der Waals surface area contributed by atoms with Crippen molar-refractivity contribution in [3.8, 4) is 0 Å². The van der Waals surface area contributed by atoms with Gasteiger partial charge in [0, 0.05) is 19.7 Å². The third kappa shape index (κ3) is 4.66. The van der Waals surface area contributed by atoms with Crippen LogP contribution in [0.3, 0.4) is 0 Å². The minimum Gasteiger partial charge on any atom is -0.327 e. The van der Waals surface area contributed by atoms with Crippen LogP contribution in [-0.4, -0.2) is 29.1 Å². The number of hydrogen-bond donors (Lipinski definition) is 0. The van der Waals surface area contributed by atoms with Crippen LogP contribution in [0, 0.1) is 0 Å². The van der Waals surface area contributed by atoms with Gasteiger partial charge in [-0.15, -0.1) is 0 Å². The van der Waals surface area contributed by atoms with Crippen molar-refractivity contribution in [3.63, 3.8) is 0 Å². The summed E-state index contributed by atoms with van der Waals surface area (Å²) in [5.74, 6) is 0.347. The molecule has 0 spiro atoms. The second-order valence-corrected chi connectivity index (χ2v) is 2.99. The largest absolute Gasteiger partial charge is 0.391 e. The van der Waals surface area contributed by atoms with Crippen molar-refractivity contribution in [1.82, 2.24) is 5.06 Å². The highest BCUT2D eigenvalue weighted by Gasteiger charge is 2.08. The van der Waals surface area contributed by atoms with E-state index in [2.05, 4.69) is 4.84 Å². The first kappa shape index (κ1) is 10.3. The van der Waals surface area contributed by atoms with Gasteiger partial charge in [-0.25, -0.2) is 4.79 Å². The van der Waals surface area contributed by atoms with Gasteiger partial charge in [-0.3, -0.25) is 4.79 Å². The average Bonchev–Trinajstić information content (AvgIpc) is 1.87. The van der Waals surface area contributed by atoms with E-state index in [0.29, 0.717) is 5.75 Å². The molecule has 11 heavy (non-hydrogen) atoms. The molecule has 0 aromatic heterocycles. The lowest BCUT2D eigenvalue weighted by molar-refractivity contribution is -0.154. The second-order valence-electron chi connectivity index (χ2n) is 1.79. The fraction of sp³-hybridized carbons (Fsp3) is 0.667. The van der Waals surface area contributed by atoms with Crippen LogP contribution in [0.25, 0.3) is 0 Å². The summed E-state index contributed by atoms with van der Waals surface area (Å²) in [6.45, 7) is 3.16. The lowest BCUT2D eigenvalue weighted by Crippen LogP contribution is -2.25. The van der Waals surface area contributed by atoms with Crippen molar-refractivity contribution in [2.45, 2.75) is 13.8 Å². The minimum atomic E-state index is -0.454. The number of rotatable bonds is 1. The quantitative estimate of drug-likeness (QED) is 0.566. The Labute approximate surface area is 69.8 Å². The average molecular weight is 177 g/mol. The van der Waals surface area contributed by atoms with Crippen LogP contribution in [0.1, 0.15) is 13.8 Å². The zero-order valence-electron chi connectivity index (χ0n) is 6.79. The SMILES string of the molecule is CCSC(=O)ON(C)C(C)=O. The first-order valence-corrected chi connectivity index (χ1v) is 4.15. The van der Waals surface area contributed by atoms with E-state index in [1.54, 1.807) is 0 Å². The predicted octanol–water partition coefficient (Wildman–Crippen LogP) is 1.27. The molecule has 0 aliphatic heterocycles. The van der Waals surface area contributed by atoms with Crippen LogP contribution in [-0.2, 0) is 9.63 Å². The second kappa shape index (κ2) is 5.01. The third-order valence-corrected chi connectivity index (χ3v) is 1.52. The molecule has 0 rings (SSSR count). The molecule has 0 bridgehead atoms. The maximum atomic E-state index is 10.7.